The van der Waals surface area contributed by atoms with Gasteiger partial charge in [-0.2, -0.15) is 9.78 Å². The van der Waals surface area contributed by atoms with Gasteiger partial charge in [-0.05, 0) is 104 Å². The van der Waals surface area contributed by atoms with Crippen molar-refractivity contribution >= 4 is 54.9 Å². The van der Waals surface area contributed by atoms with Crippen molar-refractivity contribution in [3.8, 4) is 28.6 Å². The molecule has 1 aromatic heterocycles. The SMILES string of the molecule is COc1cc(C)c(-c2nc3ccccc3c(=O)n2N=Cc2cc(OC)c(OCc3ccc(C(=O)O)cc3)c(Br)c2Br)cc1C(C)C. The molecule has 236 valence electrons. The molecule has 0 aliphatic rings. The van der Waals surface area contributed by atoms with Crippen LogP contribution in [-0.4, -0.2) is 41.2 Å². The van der Waals surface area contributed by atoms with Crippen molar-refractivity contribution in [2.24, 2.45) is 5.10 Å². The molecule has 0 saturated heterocycles. The van der Waals surface area contributed by atoms with E-state index in [9.17, 15) is 9.59 Å². The predicted octanol–water partition coefficient (Wildman–Crippen LogP) is 8.20. The number of para-hydroxylation sites is 1. The Morgan fingerprint density at radius 2 is 1.70 bits per heavy atom. The lowest BCUT2D eigenvalue weighted by molar-refractivity contribution is 0.0697. The van der Waals surface area contributed by atoms with E-state index in [1.165, 1.54) is 23.9 Å². The van der Waals surface area contributed by atoms with Crippen LogP contribution in [0, 0.1) is 6.92 Å². The molecular weight excluding hydrogens is 718 g/mol. The maximum Gasteiger partial charge on any atom is 0.335 e. The standard InChI is InChI=1S/C35H31Br2N3O6/c1-19(2)25-16-26(20(3)14-28(25)44-4)33-39-27-9-7-6-8-24(27)34(41)40(33)38-17-23-15-29(45-5)32(31(37)30(23)36)46-18-21-10-12-22(13-11-21)35(42)43/h6-17,19H,18H2,1-5H3,(H,42,43). The average Bonchev–Trinajstić information content (AvgIpc) is 3.05. The fraction of sp³-hybridized carbons (Fsp3) is 0.200. The maximum atomic E-state index is 13.9. The second kappa shape index (κ2) is 13.9. The quantitative estimate of drug-likeness (QED) is 0.143. The summed E-state index contributed by atoms with van der Waals surface area (Å²) in [7, 11) is 3.17. The number of halogens is 2. The highest BCUT2D eigenvalue weighted by Gasteiger charge is 2.20. The number of hydrogen-bond donors (Lipinski definition) is 1. The zero-order chi connectivity index (χ0) is 33.1. The number of hydrogen-bond acceptors (Lipinski definition) is 7. The van der Waals surface area contributed by atoms with Crippen LogP contribution in [0.5, 0.6) is 17.2 Å². The fourth-order valence-corrected chi connectivity index (χ4v) is 5.91. The largest absolute Gasteiger partial charge is 0.496 e. The Kier molecular flexibility index (Phi) is 9.93. The van der Waals surface area contributed by atoms with Gasteiger partial charge in [0.25, 0.3) is 5.56 Å². The van der Waals surface area contributed by atoms with Gasteiger partial charge in [-0.25, -0.2) is 9.78 Å². The van der Waals surface area contributed by atoms with E-state index in [1.807, 2.05) is 31.2 Å². The summed E-state index contributed by atoms with van der Waals surface area (Å²) < 4.78 is 19.9. The molecule has 5 rings (SSSR count). The van der Waals surface area contributed by atoms with Gasteiger partial charge in [0.05, 0.1) is 41.4 Å². The zero-order valence-corrected chi connectivity index (χ0v) is 29.0. The van der Waals surface area contributed by atoms with Gasteiger partial charge in [-0.1, -0.05) is 38.1 Å². The first-order chi connectivity index (χ1) is 22.0. The molecule has 0 bridgehead atoms. The number of aromatic carboxylic acids is 1. The van der Waals surface area contributed by atoms with E-state index < -0.39 is 5.97 Å². The van der Waals surface area contributed by atoms with E-state index in [0.717, 1.165) is 28.0 Å². The number of carboxylic acid groups (broad SMARTS) is 1. The van der Waals surface area contributed by atoms with Crippen molar-refractivity contribution in [3.63, 3.8) is 0 Å². The molecule has 0 fully saturated rings. The predicted molar refractivity (Wildman–Crippen MR) is 186 cm³/mol. The Labute approximate surface area is 282 Å². The first kappa shape index (κ1) is 32.9. The van der Waals surface area contributed by atoms with Crippen LogP contribution in [0.4, 0.5) is 0 Å². The molecule has 0 saturated carbocycles. The average molecular weight is 749 g/mol. The van der Waals surface area contributed by atoms with Gasteiger partial charge in [0.2, 0.25) is 0 Å². The van der Waals surface area contributed by atoms with Crippen LogP contribution in [0.2, 0.25) is 0 Å². The number of nitrogens with zero attached hydrogens (tertiary/aromatic N) is 3. The molecule has 1 N–H and O–H groups in total. The van der Waals surface area contributed by atoms with Crippen LogP contribution >= 0.6 is 31.9 Å². The number of aromatic nitrogens is 2. The molecule has 9 nitrogen and oxygen atoms in total. The topological polar surface area (TPSA) is 112 Å². The van der Waals surface area contributed by atoms with E-state index in [2.05, 4.69) is 50.8 Å². The van der Waals surface area contributed by atoms with Crippen molar-refractivity contribution in [1.82, 2.24) is 9.66 Å². The fourth-order valence-electron chi connectivity index (χ4n) is 4.98. The van der Waals surface area contributed by atoms with Crippen LogP contribution < -0.4 is 19.8 Å². The zero-order valence-electron chi connectivity index (χ0n) is 25.8. The minimum atomic E-state index is -0.994. The van der Waals surface area contributed by atoms with Crippen molar-refractivity contribution in [2.45, 2.75) is 33.3 Å². The monoisotopic (exact) mass is 747 g/mol. The molecule has 1 heterocycles. The van der Waals surface area contributed by atoms with Gasteiger partial charge in [0.15, 0.2) is 17.3 Å². The molecule has 0 spiro atoms. The lowest BCUT2D eigenvalue weighted by Crippen LogP contribution is -2.21. The molecular formula is C35H31Br2N3O6. The number of carbonyl (C=O) groups is 1. The molecule has 11 heteroatoms. The molecule has 0 amide bonds. The molecule has 0 atom stereocenters. The first-order valence-corrected chi connectivity index (χ1v) is 15.9. The normalized spacial score (nSPS) is 11.4. The lowest BCUT2D eigenvalue weighted by atomic mass is 9.96. The lowest BCUT2D eigenvalue weighted by Gasteiger charge is -2.18. The second-order valence-corrected chi connectivity index (χ2v) is 12.4. The summed E-state index contributed by atoms with van der Waals surface area (Å²) in [5.74, 6) is 1.22. The second-order valence-electron chi connectivity index (χ2n) is 10.8. The van der Waals surface area contributed by atoms with E-state index in [1.54, 1.807) is 43.7 Å². The van der Waals surface area contributed by atoms with Crippen LogP contribution in [0.15, 0.2) is 85.6 Å². The summed E-state index contributed by atoms with van der Waals surface area (Å²) in [6, 6.07) is 19.4. The summed E-state index contributed by atoms with van der Waals surface area (Å²) in [4.78, 5) is 30.0. The number of ether oxygens (including phenoxy) is 3. The third-order valence-electron chi connectivity index (χ3n) is 7.47. The van der Waals surface area contributed by atoms with E-state index in [4.69, 9.17) is 24.3 Å². The smallest absolute Gasteiger partial charge is 0.335 e. The van der Waals surface area contributed by atoms with Gasteiger partial charge in [0, 0.05) is 15.6 Å². The van der Waals surface area contributed by atoms with E-state index in [-0.39, 0.29) is 23.6 Å². The van der Waals surface area contributed by atoms with Crippen molar-refractivity contribution in [2.75, 3.05) is 14.2 Å². The van der Waals surface area contributed by atoms with Crippen molar-refractivity contribution in [3.05, 3.63) is 114 Å². The van der Waals surface area contributed by atoms with E-state index >= 15 is 0 Å². The van der Waals surface area contributed by atoms with Gasteiger partial charge >= 0.3 is 5.97 Å². The van der Waals surface area contributed by atoms with Crippen LogP contribution in [0.3, 0.4) is 0 Å². The molecule has 0 aliphatic carbocycles. The van der Waals surface area contributed by atoms with Crippen LogP contribution in [0.1, 0.15) is 52.4 Å². The summed E-state index contributed by atoms with van der Waals surface area (Å²) in [6.45, 7) is 6.30. The number of benzene rings is 4. The highest BCUT2D eigenvalue weighted by Crippen LogP contribution is 2.43. The van der Waals surface area contributed by atoms with Gasteiger partial charge in [0.1, 0.15) is 12.4 Å². The van der Waals surface area contributed by atoms with Gasteiger partial charge < -0.3 is 19.3 Å². The number of methoxy groups -OCH3 is 2. The Bertz CT molecular complexity index is 2040. The van der Waals surface area contributed by atoms with Crippen molar-refractivity contribution in [1.29, 1.82) is 0 Å². The summed E-state index contributed by atoms with van der Waals surface area (Å²) in [5, 5.41) is 14.3. The molecule has 5 aromatic rings. The Hall–Kier alpha value is -4.48. The molecule has 0 radical (unpaired) electrons. The summed E-state index contributed by atoms with van der Waals surface area (Å²) >= 11 is 7.25. The van der Waals surface area contributed by atoms with Crippen molar-refractivity contribution < 1.29 is 24.1 Å². The van der Waals surface area contributed by atoms with Gasteiger partial charge in [-0.3, -0.25) is 4.79 Å². The van der Waals surface area contributed by atoms with Gasteiger partial charge in [-0.15, -0.1) is 0 Å². The number of carboxylic acids is 1. The summed E-state index contributed by atoms with van der Waals surface area (Å²) in [6.07, 6.45) is 1.56. The molecule has 46 heavy (non-hydrogen) atoms. The third-order valence-corrected chi connectivity index (χ3v) is 9.61. The number of rotatable bonds is 10. The highest BCUT2D eigenvalue weighted by molar-refractivity contribution is 9.13. The Morgan fingerprint density at radius 1 is 1.00 bits per heavy atom. The number of aryl methyl sites for hydroxylation is 1. The minimum Gasteiger partial charge on any atom is -0.496 e. The third kappa shape index (κ3) is 6.56. The Morgan fingerprint density at radius 3 is 2.35 bits per heavy atom. The maximum absolute atomic E-state index is 13.9. The van der Waals surface area contributed by atoms with E-state index in [0.29, 0.717) is 42.7 Å². The first-order valence-electron chi connectivity index (χ1n) is 14.3. The minimum absolute atomic E-state index is 0.170. The van der Waals surface area contributed by atoms with Crippen LogP contribution in [-0.2, 0) is 6.61 Å². The Balaban J connectivity index is 1.58. The molecule has 4 aromatic carbocycles. The van der Waals surface area contributed by atoms with Crippen LogP contribution in [0.25, 0.3) is 22.3 Å². The molecule has 0 aliphatic heterocycles. The number of fused-ring (bicyclic) bond motifs is 1. The molecule has 0 unspecified atom stereocenters. The summed E-state index contributed by atoms with van der Waals surface area (Å²) in [5.41, 5.74) is 4.49. The highest BCUT2D eigenvalue weighted by atomic mass is 79.9.